The van der Waals surface area contributed by atoms with Crippen molar-refractivity contribution >= 4 is 5.97 Å². The van der Waals surface area contributed by atoms with Crippen LogP contribution in [0.2, 0.25) is 0 Å². The van der Waals surface area contributed by atoms with E-state index in [4.69, 9.17) is 23.8 Å². The molecule has 1 aliphatic rings. The smallest absolute Gasteiger partial charge is 0.358 e. The summed E-state index contributed by atoms with van der Waals surface area (Å²) < 4.78 is 20.8. The second kappa shape index (κ2) is 4.86. The lowest BCUT2D eigenvalue weighted by atomic mass is 10.0. The van der Waals surface area contributed by atoms with Crippen LogP contribution in [-0.2, 0) is 11.3 Å². The summed E-state index contributed by atoms with van der Waals surface area (Å²) in [5.41, 5.74) is 1.31. The zero-order chi connectivity index (χ0) is 14.1. The van der Waals surface area contributed by atoms with Gasteiger partial charge in [-0.1, -0.05) is 5.16 Å². The molecule has 0 bridgehead atoms. The summed E-state index contributed by atoms with van der Waals surface area (Å²) in [6, 6.07) is 4.87. The molecular weight excluding hydrogens is 266 g/mol. The molecule has 2 heterocycles. The molecule has 2 aromatic rings. The normalized spacial score (nSPS) is 12.7. The van der Waals surface area contributed by atoms with Crippen LogP contribution in [0.15, 0.2) is 22.7 Å². The fourth-order valence-corrected chi connectivity index (χ4v) is 1.99. The molecule has 0 atom stereocenters. The average Bonchev–Trinajstić information content (AvgIpc) is 3.06. The molecule has 0 aliphatic carbocycles. The van der Waals surface area contributed by atoms with Gasteiger partial charge in [0.05, 0.1) is 6.61 Å². The number of benzene rings is 1. The van der Waals surface area contributed by atoms with E-state index in [2.05, 4.69) is 5.16 Å². The van der Waals surface area contributed by atoms with Gasteiger partial charge in [0.25, 0.3) is 0 Å². The molecule has 0 saturated heterocycles. The minimum Gasteiger partial charge on any atom is -0.476 e. The summed E-state index contributed by atoms with van der Waals surface area (Å²) in [7, 11) is 1.57. The topological polar surface area (TPSA) is 91.0 Å². The molecule has 0 spiro atoms. The van der Waals surface area contributed by atoms with Gasteiger partial charge < -0.3 is 23.8 Å². The number of aromatic nitrogens is 1. The van der Waals surface area contributed by atoms with Gasteiger partial charge >= 0.3 is 5.97 Å². The number of rotatable bonds is 4. The molecule has 1 N–H and O–H groups in total. The van der Waals surface area contributed by atoms with Crippen LogP contribution in [0.5, 0.6) is 11.5 Å². The first-order valence-corrected chi connectivity index (χ1v) is 5.81. The number of aromatic carboxylic acids is 1. The number of carbonyl (C=O) groups is 1. The molecule has 1 aliphatic heterocycles. The highest BCUT2D eigenvalue weighted by molar-refractivity contribution is 5.86. The molecule has 0 fully saturated rings. The first-order valence-electron chi connectivity index (χ1n) is 5.81. The van der Waals surface area contributed by atoms with Crippen molar-refractivity contribution in [2.45, 2.75) is 6.61 Å². The molecule has 104 valence electrons. The predicted molar refractivity (Wildman–Crippen MR) is 65.7 cm³/mol. The van der Waals surface area contributed by atoms with Crippen LogP contribution < -0.4 is 9.47 Å². The van der Waals surface area contributed by atoms with E-state index in [0.29, 0.717) is 29.4 Å². The number of hydrogen-bond acceptors (Lipinski definition) is 6. The van der Waals surface area contributed by atoms with Gasteiger partial charge in [-0.2, -0.15) is 0 Å². The van der Waals surface area contributed by atoms with Crippen molar-refractivity contribution in [3.05, 3.63) is 29.5 Å². The predicted octanol–water partition coefficient (Wildman–Crippen LogP) is 1.91. The minimum absolute atomic E-state index is 0.152. The maximum atomic E-state index is 10.9. The zero-order valence-electron chi connectivity index (χ0n) is 10.6. The monoisotopic (exact) mass is 277 g/mol. The van der Waals surface area contributed by atoms with Crippen molar-refractivity contribution in [3.8, 4) is 22.8 Å². The summed E-state index contributed by atoms with van der Waals surface area (Å²) in [5.74, 6) is 0.397. The Bertz CT molecular complexity index is 663. The lowest BCUT2D eigenvalue weighted by molar-refractivity contribution is 0.0686. The third-order valence-electron chi connectivity index (χ3n) is 2.89. The molecule has 1 aromatic heterocycles. The van der Waals surface area contributed by atoms with E-state index in [0.717, 1.165) is 5.56 Å². The third kappa shape index (κ3) is 2.08. The van der Waals surface area contributed by atoms with E-state index < -0.39 is 5.97 Å². The van der Waals surface area contributed by atoms with Gasteiger partial charge in [-0.15, -0.1) is 0 Å². The number of fused-ring (bicyclic) bond motifs is 1. The summed E-state index contributed by atoms with van der Waals surface area (Å²) >= 11 is 0. The molecule has 0 radical (unpaired) electrons. The van der Waals surface area contributed by atoms with Crippen LogP contribution in [0, 0.1) is 0 Å². The molecule has 1 aromatic carbocycles. The number of nitrogens with zero attached hydrogens (tertiary/aromatic N) is 1. The molecule has 0 amide bonds. The van der Waals surface area contributed by atoms with Gasteiger partial charge in [-0.3, -0.25) is 0 Å². The highest BCUT2D eigenvalue weighted by atomic mass is 16.7. The van der Waals surface area contributed by atoms with Crippen molar-refractivity contribution < 1.29 is 28.6 Å². The van der Waals surface area contributed by atoms with E-state index >= 15 is 0 Å². The lowest BCUT2D eigenvalue weighted by Crippen LogP contribution is -1.95. The molecule has 3 rings (SSSR count). The van der Waals surface area contributed by atoms with Gasteiger partial charge in [0.1, 0.15) is 0 Å². The standard InChI is InChI=1S/C13H11NO6/c1-17-5-7-2-11-12(19-6-18-11)3-8(7)10-4-9(13(15)16)14-20-10/h2-4H,5-6H2,1H3,(H,15,16). The summed E-state index contributed by atoms with van der Waals surface area (Å²) in [5, 5.41) is 12.4. The first kappa shape index (κ1) is 12.5. The van der Waals surface area contributed by atoms with E-state index in [1.54, 1.807) is 19.2 Å². The fourth-order valence-electron chi connectivity index (χ4n) is 1.99. The average molecular weight is 277 g/mol. The number of ether oxygens (including phenoxy) is 3. The van der Waals surface area contributed by atoms with Gasteiger partial charge in [0.15, 0.2) is 23.0 Å². The van der Waals surface area contributed by atoms with Crippen LogP contribution in [0.4, 0.5) is 0 Å². The van der Waals surface area contributed by atoms with Crippen LogP contribution in [0.1, 0.15) is 16.1 Å². The molecular formula is C13H11NO6. The number of carboxylic acid groups (broad SMARTS) is 1. The second-order valence-corrected chi connectivity index (χ2v) is 4.18. The Balaban J connectivity index is 2.08. The molecule has 7 nitrogen and oxygen atoms in total. The van der Waals surface area contributed by atoms with Crippen LogP contribution in [0.3, 0.4) is 0 Å². The SMILES string of the molecule is COCc1cc2c(cc1-c1cc(C(=O)O)no1)OCO2. The van der Waals surface area contributed by atoms with E-state index in [-0.39, 0.29) is 12.5 Å². The van der Waals surface area contributed by atoms with Gasteiger partial charge in [-0.25, -0.2) is 4.79 Å². The third-order valence-corrected chi connectivity index (χ3v) is 2.89. The lowest BCUT2D eigenvalue weighted by Gasteiger charge is -2.07. The molecule has 0 saturated carbocycles. The maximum Gasteiger partial charge on any atom is 0.358 e. The van der Waals surface area contributed by atoms with E-state index in [1.807, 2.05) is 0 Å². The molecule has 20 heavy (non-hydrogen) atoms. The zero-order valence-corrected chi connectivity index (χ0v) is 10.6. The van der Waals surface area contributed by atoms with Gasteiger partial charge in [0.2, 0.25) is 6.79 Å². The van der Waals surface area contributed by atoms with Gasteiger partial charge in [-0.05, 0) is 17.7 Å². The number of methoxy groups -OCH3 is 1. The van der Waals surface area contributed by atoms with Crippen molar-refractivity contribution in [1.82, 2.24) is 5.16 Å². The van der Waals surface area contributed by atoms with Crippen LogP contribution in [-0.4, -0.2) is 30.1 Å². The summed E-state index contributed by atoms with van der Waals surface area (Å²) in [6.45, 7) is 0.483. The fraction of sp³-hybridized carbons (Fsp3) is 0.231. The summed E-state index contributed by atoms with van der Waals surface area (Å²) in [6.07, 6.45) is 0. The Labute approximate surface area is 113 Å². The molecule has 0 unspecified atom stereocenters. The molecule has 7 heteroatoms. The number of hydrogen-bond donors (Lipinski definition) is 1. The Morgan fingerprint density at radius 3 is 2.75 bits per heavy atom. The quantitative estimate of drug-likeness (QED) is 0.912. The van der Waals surface area contributed by atoms with Crippen molar-refractivity contribution in [3.63, 3.8) is 0 Å². The highest BCUT2D eigenvalue weighted by Crippen LogP contribution is 2.39. The Morgan fingerprint density at radius 2 is 2.10 bits per heavy atom. The van der Waals surface area contributed by atoms with Crippen LogP contribution in [0.25, 0.3) is 11.3 Å². The Morgan fingerprint density at radius 1 is 1.35 bits per heavy atom. The highest BCUT2D eigenvalue weighted by Gasteiger charge is 2.21. The second-order valence-electron chi connectivity index (χ2n) is 4.18. The largest absolute Gasteiger partial charge is 0.476 e. The van der Waals surface area contributed by atoms with Gasteiger partial charge in [0, 0.05) is 18.7 Å². The van der Waals surface area contributed by atoms with Crippen molar-refractivity contribution in [1.29, 1.82) is 0 Å². The Kier molecular flexibility index (Phi) is 3.03. The minimum atomic E-state index is -1.14. The van der Waals surface area contributed by atoms with Crippen LogP contribution >= 0.6 is 0 Å². The van der Waals surface area contributed by atoms with Crippen molar-refractivity contribution in [2.75, 3.05) is 13.9 Å². The first-order chi connectivity index (χ1) is 9.69. The van der Waals surface area contributed by atoms with E-state index in [1.165, 1.54) is 6.07 Å². The van der Waals surface area contributed by atoms with E-state index in [9.17, 15) is 4.79 Å². The maximum absolute atomic E-state index is 10.9. The van der Waals surface area contributed by atoms with Crippen molar-refractivity contribution in [2.24, 2.45) is 0 Å². The summed E-state index contributed by atoms with van der Waals surface area (Å²) in [4.78, 5) is 10.9. The Hall–Kier alpha value is -2.54. The number of carboxylic acids is 1.